The van der Waals surface area contributed by atoms with Crippen molar-refractivity contribution in [2.24, 2.45) is 13.0 Å². The molecule has 5 rings (SSSR count). The number of pyridine rings is 1. The van der Waals surface area contributed by atoms with E-state index in [0.717, 1.165) is 45.4 Å². The predicted molar refractivity (Wildman–Crippen MR) is 125 cm³/mol. The summed E-state index contributed by atoms with van der Waals surface area (Å²) in [7, 11) is 1.98. The number of nitrogens with zero attached hydrogens (tertiary/aromatic N) is 5. The zero-order valence-corrected chi connectivity index (χ0v) is 19.2. The number of aromatic nitrogens is 5. The fraction of sp³-hybridized carbons (Fsp3) is 0.304. The quantitative estimate of drug-likeness (QED) is 0.431. The minimum atomic E-state index is -0.713. The maximum absolute atomic E-state index is 11.3. The molecule has 0 radical (unpaired) electrons. The molecule has 4 aromatic rings. The number of aryl methyl sites for hydroxylation is 1. The van der Waals surface area contributed by atoms with Crippen LogP contribution >= 0.6 is 15.9 Å². The SMILES string of the molecule is Cn1ccc(-c2ccc(-c3cnn4c(N)c(Br)c([C@H]5CC[C@H](C(=O)O)CC5)nc34)cn2)c1. The van der Waals surface area contributed by atoms with E-state index in [-0.39, 0.29) is 11.8 Å². The Morgan fingerprint density at radius 1 is 1.16 bits per heavy atom. The Hall–Kier alpha value is -3.20. The van der Waals surface area contributed by atoms with E-state index in [1.165, 1.54) is 0 Å². The molecule has 0 unspecified atom stereocenters. The van der Waals surface area contributed by atoms with Crippen LogP contribution in [0, 0.1) is 5.92 Å². The molecule has 4 heterocycles. The van der Waals surface area contributed by atoms with Crippen molar-refractivity contribution < 1.29 is 9.90 Å². The Balaban J connectivity index is 1.51. The van der Waals surface area contributed by atoms with E-state index in [1.54, 1.807) is 10.7 Å². The molecule has 0 aliphatic heterocycles. The maximum atomic E-state index is 11.3. The van der Waals surface area contributed by atoms with Gasteiger partial charge in [0.15, 0.2) is 5.65 Å². The highest BCUT2D eigenvalue weighted by molar-refractivity contribution is 9.10. The van der Waals surface area contributed by atoms with E-state index < -0.39 is 5.97 Å². The number of rotatable bonds is 4. The van der Waals surface area contributed by atoms with E-state index in [4.69, 9.17) is 10.7 Å². The van der Waals surface area contributed by atoms with Gasteiger partial charge in [-0.3, -0.25) is 9.78 Å². The second-order valence-corrected chi connectivity index (χ2v) is 9.17. The summed E-state index contributed by atoms with van der Waals surface area (Å²) < 4.78 is 4.36. The minimum absolute atomic E-state index is 0.161. The largest absolute Gasteiger partial charge is 0.481 e. The lowest BCUT2D eigenvalue weighted by atomic mass is 9.80. The van der Waals surface area contributed by atoms with E-state index >= 15 is 0 Å². The third kappa shape index (κ3) is 3.56. The average Bonchev–Trinajstić information content (AvgIpc) is 3.43. The Bertz CT molecular complexity index is 1300. The first-order valence-corrected chi connectivity index (χ1v) is 11.4. The normalized spacial score (nSPS) is 18.8. The molecular weight excluding hydrogens is 472 g/mol. The van der Waals surface area contributed by atoms with Crippen LogP contribution in [-0.2, 0) is 11.8 Å². The second kappa shape index (κ2) is 8.05. The maximum Gasteiger partial charge on any atom is 0.306 e. The number of nitrogens with two attached hydrogens (primary N) is 1. The van der Waals surface area contributed by atoms with Gasteiger partial charge in [-0.2, -0.15) is 9.61 Å². The number of aliphatic carboxylic acids is 1. The number of halogens is 1. The highest BCUT2D eigenvalue weighted by Gasteiger charge is 2.30. The molecule has 0 amide bonds. The zero-order valence-electron chi connectivity index (χ0n) is 17.6. The lowest BCUT2D eigenvalue weighted by Crippen LogP contribution is -2.21. The lowest BCUT2D eigenvalue weighted by molar-refractivity contribution is -0.142. The molecule has 3 N–H and O–H groups in total. The molecule has 8 nitrogen and oxygen atoms in total. The van der Waals surface area contributed by atoms with Crippen molar-refractivity contribution in [3.8, 4) is 22.4 Å². The van der Waals surface area contributed by atoms with Gasteiger partial charge >= 0.3 is 5.97 Å². The summed E-state index contributed by atoms with van der Waals surface area (Å²) in [6.45, 7) is 0. The number of carboxylic acids is 1. The first-order chi connectivity index (χ1) is 15.4. The molecule has 1 aliphatic rings. The highest BCUT2D eigenvalue weighted by Crippen LogP contribution is 2.40. The smallest absolute Gasteiger partial charge is 0.306 e. The third-order valence-electron chi connectivity index (χ3n) is 6.31. The summed E-state index contributed by atoms with van der Waals surface area (Å²) in [6, 6.07) is 6.04. The zero-order chi connectivity index (χ0) is 22.4. The van der Waals surface area contributed by atoms with Gasteiger partial charge in [0.25, 0.3) is 0 Å². The second-order valence-electron chi connectivity index (χ2n) is 8.37. The van der Waals surface area contributed by atoms with Gasteiger partial charge in [-0.15, -0.1) is 0 Å². The molecule has 0 aromatic carbocycles. The molecule has 0 atom stereocenters. The monoisotopic (exact) mass is 494 g/mol. The van der Waals surface area contributed by atoms with Crippen LogP contribution in [0.25, 0.3) is 28.0 Å². The summed E-state index contributed by atoms with van der Waals surface area (Å²) in [6.07, 6.45) is 10.5. The molecule has 32 heavy (non-hydrogen) atoms. The van der Waals surface area contributed by atoms with Gasteiger partial charge in [0, 0.05) is 48.2 Å². The number of carbonyl (C=O) groups is 1. The number of hydrogen-bond donors (Lipinski definition) is 2. The van der Waals surface area contributed by atoms with Gasteiger partial charge in [0.1, 0.15) is 5.82 Å². The molecule has 1 aliphatic carbocycles. The van der Waals surface area contributed by atoms with Crippen molar-refractivity contribution >= 4 is 33.4 Å². The fourth-order valence-corrected chi connectivity index (χ4v) is 5.06. The summed E-state index contributed by atoms with van der Waals surface area (Å²) in [5, 5.41) is 13.8. The lowest BCUT2D eigenvalue weighted by Gasteiger charge is -2.26. The molecule has 9 heteroatoms. The molecular formula is C23H23BrN6O2. The van der Waals surface area contributed by atoms with E-state index in [9.17, 15) is 9.90 Å². The number of anilines is 1. The number of fused-ring (bicyclic) bond motifs is 1. The van der Waals surface area contributed by atoms with Gasteiger partial charge in [-0.25, -0.2) is 4.98 Å². The van der Waals surface area contributed by atoms with E-state index in [1.807, 2.05) is 48.4 Å². The standard InChI is InChI=1S/C23H23BrN6O2/c1-29-9-8-16(12-29)18-7-6-15(10-26-18)17-11-27-30-21(25)19(24)20(28-22(17)30)13-2-4-14(5-3-13)23(31)32/h6-14H,2-5,25H2,1H3,(H,31,32)/t13-,14-. The predicted octanol–water partition coefficient (Wildman–Crippen LogP) is 4.50. The Morgan fingerprint density at radius 2 is 1.94 bits per heavy atom. The van der Waals surface area contributed by atoms with Crippen molar-refractivity contribution in [1.29, 1.82) is 0 Å². The van der Waals surface area contributed by atoms with Crippen molar-refractivity contribution in [3.05, 3.63) is 53.2 Å². The molecule has 0 spiro atoms. The van der Waals surface area contributed by atoms with Crippen molar-refractivity contribution in [3.63, 3.8) is 0 Å². The van der Waals surface area contributed by atoms with Crippen LogP contribution in [-0.4, -0.2) is 35.2 Å². The first-order valence-electron chi connectivity index (χ1n) is 10.6. The Kier molecular flexibility index (Phi) is 5.21. The molecule has 1 fully saturated rings. The van der Waals surface area contributed by atoms with Crippen molar-refractivity contribution in [2.45, 2.75) is 31.6 Å². The van der Waals surface area contributed by atoms with Crippen LogP contribution in [0.3, 0.4) is 0 Å². The third-order valence-corrected chi connectivity index (χ3v) is 7.13. The van der Waals surface area contributed by atoms with Crippen molar-refractivity contribution in [2.75, 3.05) is 5.73 Å². The molecule has 1 saturated carbocycles. The van der Waals surface area contributed by atoms with E-state index in [2.05, 4.69) is 26.0 Å². The van der Waals surface area contributed by atoms with Crippen LogP contribution < -0.4 is 5.73 Å². The Labute approximate surface area is 193 Å². The van der Waals surface area contributed by atoms with Crippen LogP contribution in [0.4, 0.5) is 5.82 Å². The van der Waals surface area contributed by atoms with Gasteiger partial charge < -0.3 is 15.4 Å². The van der Waals surface area contributed by atoms with Gasteiger partial charge in [-0.1, -0.05) is 6.07 Å². The number of nitrogen functional groups attached to an aromatic ring is 1. The fourth-order valence-electron chi connectivity index (χ4n) is 4.48. The molecule has 0 saturated heterocycles. The molecule has 4 aromatic heterocycles. The van der Waals surface area contributed by atoms with Gasteiger partial charge in [0.05, 0.1) is 28.0 Å². The number of hydrogen-bond acceptors (Lipinski definition) is 5. The summed E-state index contributed by atoms with van der Waals surface area (Å²) in [5.74, 6) is -0.333. The average molecular weight is 495 g/mol. The number of carboxylic acid groups (broad SMARTS) is 1. The van der Waals surface area contributed by atoms with Crippen LogP contribution in [0.1, 0.15) is 37.3 Å². The summed E-state index contributed by atoms with van der Waals surface area (Å²) >= 11 is 3.60. The molecule has 164 valence electrons. The summed E-state index contributed by atoms with van der Waals surface area (Å²) in [4.78, 5) is 20.9. The highest BCUT2D eigenvalue weighted by atomic mass is 79.9. The Morgan fingerprint density at radius 3 is 2.56 bits per heavy atom. The topological polar surface area (TPSA) is 111 Å². The van der Waals surface area contributed by atoms with Crippen LogP contribution in [0.2, 0.25) is 0 Å². The van der Waals surface area contributed by atoms with Crippen LogP contribution in [0.15, 0.2) is 47.5 Å². The molecule has 0 bridgehead atoms. The minimum Gasteiger partial charge on any atom is -0.481 e. The van der Waals surface area contributed by atoms with Crippen LogP contribution in [0.5, 0.6) is 0 Å². The van der Waals surface area contributed by atoms with Crippen molar-refractivity contribution in [1.82, 2.24) is 24.1 Å². The first kappa shape index (κ1) is 20.7. The summed E-state index contributed by atoms with van der Waals surface area (Å²) in [5.41, 5.74) is 11.7. The van der Waals surface area contributed by atoms with Gasteiger partial charge in [-0.05, 0) is 53.7 Å². The van der Waals surface area contributed by atoms with E-state index in [0.29, 0.717) is 24.3 Å². The van der Waals surface area contributed by atoms with Gasteiger partial charge in [0.2, 0.25) is 0 Å².